The number of hydrogen-bond acceptors (Lipinski definition) is 30. The number of aryl methyl sites for hydroxylation is 2. The summed E-state index contributed by atoms with van der Waals surface area (Å²) in [5.41, 5.74) is 10.9. The zero-order valence-corrected chi connectivity index (χ0v) is 80.3. The lowest BCUT2D eigenvalue weighted by atomic mass is 9.98. The smallest absolute Gasteiger partial charge is 0.223 e. The maximum absolute atomic E-state index is 11.8. The molecule has 0 spiro atoms. The molecule has 4 unspecified atom stereocenters. The van der Waals surface area contributed by atoms with Crippen molar-refractivity contribution in [2.24, 2.45) is 23.7 Å². The van der Waals surface area contributed by atoms with Crippen molar-refractivity contribution in [3.05, 3.63) is 193 Å². The number of nitrogens with one attached hydrogen (secondary N) is 8. The van der Waals surface area contributed by atoms with Gasteiger partial charge in [0.15, 0.2) is 45.9 Å². The van der Waals surface area contributed by atoms with Gasteiger partial charge in [-0.3, -0.25) is 9.59 Å². The molecular formula is C96H111ClN28O10S2. The van der Waals surface area contributed by atoms with Gasteiger partial charge in [0, 0.05) is 82.4 Å². The van der Waals surface area contributed by atoms with Crippen LogP contribution in [0.1, 0.15) is 151 Å². The number of pyridine rings is 4. The van der Waals surface area contributed by atoms with Gasteiger partial charge < -0.3 is 70.0 Å². The van der Waals surface area contributed by atoms with Gasteiger partial charge in [-0.05, 0) is 186 Å². The molecule has 137 heavy (non-hydrogen) atoms. The largest absolute Gasteiger partial charge is 0.477 e. The highest BCUT2D eigenvalue weighted by atomic mass is 35.5. The lowest BCUT2D eigenvalue weighted by Gasteiger charge is -2.31. The highest BCUT2D eigenvalue weighted by Crippen LogP contribution is 2.39. The Labute approximate surface area is 796 Å². The van der Waals surface area contributed by atoms with Gasteiger partial charge in [-0.25, -0.2) is 105 Å². The van der Waals surface area contributed by atoms with E-state index in [4.69, 9.17) is 50.5 Å². The number of likely N-dealkylation sites (tertiary alicyclic amines) is 2. The second kappa shape index (κ2) is 42.2. The van der Waals surface area contributed by atoms with Gasteiger partial charge in [-0.15, -0.1) is 0 Å². The van der Waals surface area contributed by atoms with Crippen molar-refractivity contribution in [1.82, 2.24) is 118 Å². The summed E-state index contributed by atoms with van der Waals surface area (Å²) in [6.07, 6.45) is 21.7. The predicted octanol–water partition coefficient (Wildman–Crippen LogP) is 14.9. The van der Waals surface area contributed by atoms with E-state index in [-0.39, 0.29) is 47.8 Å². The van der Waals surface area contributed by atoms with E-state index >= 15 is 0 Å². The number of imidazole rings is 4. The van der Waals surface area contributed by atoms with Crippen LogP contribution in [0.25, 0.3) is 87.7 Å². The number of carbonyl (C=O) groups excluding carboxylic acids is 2. The van der Waals surface area contributed by atoms with E-state index in [1.54, 1.807) is 47.8 Å². The van der Waals surface area contributed by atoms with Crippen molar-refractivity contribution in [3.63, 3.8) is 0 Å². The van der Waals surface area contributed by atoms with E-state index in [1.807, 2.05) is 92.1 Å². The van der Waals surface area contributed by atoms with Crippen LogP contribution in [-0.2, 0) is 29.6 Å². The van der Waals surface area contributed by atoms with Crippen molar-refractivity contribution in [2.75, 3.05) is 113 Å². The average molecular weight is 1920 g/mol. The number of amides is 2. The Balaban J connectivity index is 0.000000127. The van der Waals surface area contributed by atoms with Crippen LogP contribution in [0.15, 0.2) is 154 Å². The van der Waals surface area contributed by atoms with Crippen molar-refractivity contribution in [3.8, 4) is 23.5 Å². The summed E-state index contributed by atoms with van der Waals surface area (Å²) in [5.74, 6) is 6.63. The van der Waals surface area contributed by atoms with Gasteiger partial charge in [-0.2, -0.15) is 0 Å². The number of sulfonamides is 2. The zero-order chi connectivity index (χ0) is 95.6. The molecule has 0 saturated carbocycles. The molecule has 16 aromatic rings. The highest BCUT2D eigenvalue weighted by molar-refractivity contribution is 7.88. The predicted molar refractivity (Wildman–Crippen MR) is 527 cm³/mol. The highest BCUT2D eigenvalue weighted by Gasteiger charge is 2.31. The van der Waals surface area contributed by atoms with Crippen LogP contribution in [0.3, 0.4) is 0 Å². The molecular weight excluding hydrogens is 1800 g/mol. The Morgan fingerprint density at radius 1 is 0.380 bits per heavy atom. The summed E-state index contributed by atoms with van der Waals surface area (Å²) in [5, 5.41) is 22.2. The van der Waals surface area contributed by atoms with Crippen molar-refractivity contribution >= 4 is 154 Å². The van der Waals surface area contributed by atoms with Gasteiger partial charge in [0.05, 0.1) is 122 Å². The molecule has 12 aromatic heterocycles. The van der Waals surface area contributed by atoms with E-state index in [2.05, 4.69) is 163 Å². The molecule has 4 aromatic carbocycles. The second-order valence-electron chi connectivity index (χ2n) is 35.4. The molecule has 0 radical (unpaired) electrons. The second-order valence-corrected chi connectivity index (χ2v) is 39.8. The summed E-state index contributed by atoms with van der Waals surface area (Å²) in [4.78, 5) is 110. The third kappa shape index (κ3) is 22.6. The normalized spacial score (nSPS) is 16.1. The SMILES string of the molecule is CC(=O)N1CCC(COc2nc(C(C)Nc3ncnc4nc[nH]c34)cc3cccc(Cl)c23)CC1.CC(=O)N1CCC(COc2nc(C(C)Nc3ncnc4nc[nH]c34)cc3ccccc23)CC1.Cc1cccc2cc(C(C)Nc3ncnc4nc[nH]c34)nc(OCC3CCN(S(C)(=O)=O)CC3)c12.Cc1cccc2cc(C(C)Nc3ncnc4nc[nH]c34)nc(OCC3CCN(S(C)(=O)=O)CC3)c12. The molecule has 38 nitrogen and oxygen atoms in total. The summed E-state index contributed by atoms with van der Waals surface area (Å²) in [7, 11) is -6.29. The zero-order valence-electron chi connectivity index (χ0n) is 77.9. The fourth-order valence-corrected chi connectivity index (χ4v) is 19.7. The number of halogens is 1. The minimum atomic E-state index is -3.14. The number of piperidine rings is 4. The van der Waals surface area contributed by atoms with Gasteiger partial charge in [-0.1, -0.05) is 78.3 Å². The van der Waals surface area contributed by atoms with E-state index in [1.165, 1.54) is 37.8 Å². The first kappa shape index (κ1) is 94.9. The number of carbonyl (C=O) groups is 2. The minimum absolute atomic E-state index is 0.114. The van der Waals surface area contributed by atoms with Crippen LogP contribution < -0.4 is 40.2 Å². The van der Waals surface area contributed by atoms with Gasteiger partial charge in [0.25, 0.3) is 0 Å². The lowest BCUT2D eigenvalue weighted by molar-refractivity contribution is -0.131. The third-order valence-corrected chi connectivity index (χ3v) is 28.7. The molecule has 4 aliphatic heterocycles. The summed E-state index contributed by atoms with van der Waals surface area (Å²) >= 11 is 6.54. The number of rotatable bonds is 26. The number of aromatic amines is 4. The number of aromatic nitrogens is 20. The summed E-state index contributed by atoms with van der Waals surface area (Å²) < 4.78 is 75.5. The number of H-pyrrole nitrogens is 4. The Hall–Kier alpha value is -13.8. The van der Waals surface area contributed by atoms with E-state index in [0.717, 1.165) is 177 Å². The van der Waals surface area contributed by atoms with Crippen molar-refractivity contribution < 1.29 is 45.4 Å². The molecule has 4 saturated heterocycles. The average Bonchev–Trinajstić information content (AvgIpc) is 1.57. The Morgan fingerprint density at radius 2 is 0.664 bits per heavy atom. The van der Waals surface area contributed by atoms with Crippen molar-refractivity contribution in [1.29, 1.82) is 0 Å². The molecule has 0 aliphatic carbocycles. The Kier molecular flexibility index (Phi) is 29.2. The Morgan fingerprint density at radius 3 is 1.00 bits per heavy atom. The monoisotopic (exact) mass is 1910 g/mol. The minimum Gasteiger partial charge on any atom is -0.477 e. The van der Waals surface area contributed by atoms with Gasteiger partial charge >= 0.3 is 0 Å². The number of benzene rings is 4. The first-order chi connectivity index (χ1) is 66.2. The van der Waals surface area contributed by atoms with Crippen LogP contribution >= 0.6 is 11.6 Å². The van der Waals surface area contributed by atoms with Gasteiger partial charge in [0.2, 0.25) is 55.4 Å². The fourth-order valence-electron chi connectivity index (χ4n) is 17.7. The van der Waals surface area contributed by atoms with Crippen LogP contribution in [0.2, 0.25) is 5.02 Å². The van der Waals surface area contributed by atoms with Crippen molar-refractivity contribution in [2.45, 2.75) is 131 Å². The third-order valence-electron chi connectivity index (χ3n) is 25.7. The molecule has 8 N–H and O–H groups in total. The molecule has 714 valence electrons. The molecule has 2 amide bonds. The van der Waals surface area contributed by atoms with Crippen LogP contribution in [0.5, 0.6) is 23.5 Å². The van der Waals surface area contributed by atoms with E-state index < -0.39 is 20.0 Å². The van der Waals surface area contributed by atoms with E-state index in [0.29, 0.717) is 139 Å². The molecule has 4 atom stereocenters. The maximum atomic E-state index is 11.8. The number of nitrogens with zero attached hydrogens (tertiary/aromatic N) is 20. The molecule has 20 rings (SSSR count). The summed E-state index contributed by atoms with van der Waals surface area (Å²) in [6, 6.07) is 33.9. The van der Waals surface area contributed by atoms with Crippen LogP contribution in [0, 0.1) is 37.5 Å². The first-order valence-electron chi connectivity index (χ1n) is 46.0. The summed E-state index contributed by atoms with van der Waals surface area (Å²) in [6.45, 7) is 22.8. The number of hydrogen-bond donors (Lipinski definition) is 8. The van der Waals surface area contributed by atoms with E-state index in [9.17, 15) is 26.4 Å². The lowest BCUT2D eigenvalue weighted by Crippen LogP contribution is -2.39. The number of anilines is 4. The fraction of sp³-hybridized carbons (Fsp3) is 0.396. The quantitative estimate of drug-likeness (QED) is 0.0250. The molecule has 16 heterocycles. The molecule has 4 fully saturated rings. The molecule has 4 aliphatic rings. The first-order valence-corrected chi connectivity index (χ1v) is 50.1. The van der Waals surface area contributed by atoms with Crippen LogP contribution in [0.4, 0.5) is 23.3 Å². The maximum Gasteiger partial charge on any atom is 0.223 e. The number of fused-ring (bicyclic) bond motifs is 8. The standard InChI is InChI=1S/C24H26ClN7O2.2C24H29N7O3S.C24H27N7O2/c1-14(30-23-21-22(27-12-26-21)28-13-29-23)19-10-17-4-3-5-18(25)20(17)24(31-19)34-11-16-6-8-32(9-7-16)15(2)33;2*1-15-5-4-6-18-11-19(16(2)29-23-21-22(26-13-25-21)27-14-28-23)30-24(20(15)18)34-12-17-7-9-31(10-8-17)35(3,32)33;1-15(29-23-21-22(26-13-25-21)27-14-28-23)20-11-18-5-3-4-6-19(18)24(30-20)33-12-17-7-9-31(10-8-17)16(2)32/h3-5,10,12-14,16H,6-9,11H2,1-2H3,(H2,26,27,28,29,30);2*4-6,11,13-14,16-17H,7-10,12H2,1-3H3,(H2,25,26,27,28,29);3-6,11,13-15,17H,7-10,12H2,1-2H3,(H2,25,26,27,28,29). The Bertz CT molecular complexity index is 7020. The van der Waals surface area contributed by atoms with Crippen LogP contribution in [-0.4, -0.2) is 238 Å². The number of ether oxygens (including phenoxy) is 4. The topological polar surface area (TPSA) is 470 Å². The van der Waals surface area contributed by atoms with Gasteiger partial charge in [0.1, 0.15) is 47.4 Å². The molecule has 41 heteroatoms. The molecule has 0 bridgehead atoms.